The molecule has 0 aliphatic carbocycles. The van der Waals surface area contributed by atoms with E-state index in [4.69, 9.17) is 8.94 Å². The smallest absolute Gasteiger partial charge is 0.289 e. The first-order chi connectivity index (χ1) is 14.4. The third kappa shape index (κ3) is 3.98. The van der Waals surface area contributed by atoms with Crippen molar-refractivity contribution in [3.8, 4) is 11.4 Å². The van der Waals surface area contributed by atoms with E-state index in [0.29, 0.717) is 31.0 Å². The first kappa shape index (κ1) is 20.2. The molecule has 4 rings (SSSR count). The number of rotatable bonds is 5. The molecular weight excluding hydrogens is 415 g/mol. The fourth-order valence-corrected chi connectivity index (χ4v) is 3.99. The molecule has 11 heteroatoms. The second-order valence-electron chi connectivity index (χ2n) is 6.88. The van der Waals surface area contributed by atoms with Crippen molar-refractivity contribution in [1.29, 1.82) is 0 Å². The Kier molecular flexibility index (Phi) is 5.39. The number of hydrogen-bond donors (Lipinski definition) is 1. The number of amides is 1. The molecule has 3 aromatic rings. The Morgan fingerprint density at radius 3 is 2.90 bits per heavy atom. The predicted molar refractivity (Wildman–Crippen MR) is 103 cm³/mol. The maximum absolute atomic E-state index is 13.4. The molecule has 1 N–H and O–H groups in total. The van der Waals surface area contributed by atoms with Crippen LogP contribution < -0.4 is 4.72 Å². The van der Waals surface area contributed by atoms with E-state index >= 15 is 0 Å². The molecule has 3 heterocycles. The van der Waals surface area contributed by atoms with Gasteiger partial charge in [-0.05, 0) is 44.2 Å². The lowest BCUT2D eigenvalue weighted by atomic mass is 9.97. The maximum atomic E-state index is 13.4. The lowest BCUT2D eigenvalue weighted by Crippen LogP contribution is -2.39. The third-order valence-corrected chi connectivity index (χ3v) is 6.19. The lowest BCUT2D eigenvalue weighted by molar-refractivity contribution is 0.0658. The van der Waals surface area contributed by atoms with Gasteiger partial charge in [-0.25, -0.2) is 17.5 Å². The summed E-state index contributed by atoms with van der Waals surface area (Å²) in [7, 11) is -2.51. The SMILES string of the molecule is CNS(=O)(=O)c1ccc(C(=O)N2CCCC(c3nc(-c4cccc(F)c4)no3)C2)o1. The molecule has 0 spiro atoms. The number of piperidine rings is 1. The van der Waals surface area contributed by atoms with Gasteiger partial charge in [0.1, 0.15) is 5.82 Å². The van der Waals surface area contributed by atoms with E-state index in [1.807, 2.05) is 0 Å². The summed E-state index contributed by atoms with van der Waals surface area (Å²) in [5.41, 5.74) is 0.502. The minimum atomic E-state index is -3.77. The van der Waals surface area contributed by atoms with Gasteiger partial charge in [0.25, 0.3) is 15.9 Å². The Labute approximate surface area is 171 Å². The minimum Gasteiger partial charge on any atom is -0.438 e. The molecule has 0 radical (unpaired) electrons. The zero-order valence-electron chi connectivity index (χ0n) is 16.0. The molecule has 1 fully saturated rings. The highest BCUT2D eigenvalue weighted by Crippen LogP contribution is 2.29. The van der Waals surface area contributed by atoms with Gasteiger partial charge in [-0.3, -0.25) is 4.79 Å². The van der Waals surface area contributed by atoms with E-state index in [9.17, 15) is 17.6 Å². The van der Waals surface area contributed by atoms with Gasteiger partial charge >= 0.3 is 0 Å². The molecule has 30 heavy (non-hydrogen) atoms. The van der Waals surface area contributed by atoms with E-state index in [2.05, 4.69) is 14.9 Å². The number of nitrogens with one attached hydrogen (secondary N) is 1. The van der Waals surface area contributed by atoms with Crippen LogP contribution in [0, 0.1) is 5.82 Å². The molecule has 1 aromatic carbocycles. The molecule has 1 aliphatic rings. The Morgan fingerprint density at radius 1 is 1.30 bits per heavy atom. The Bertz CT molecular complexity index is 1170. The highest BCUT2D eigenvalue weighted by Gasteiger charge is 2.31. The van der Waals surface area contributed by atoms with Crippen LogP contribution in [0.2, 0.25) is 0 Å². The van der Waals surface area contributed by atoms with Gasteiger partial charge in [-0.1, -0.05) is 17.3 Å². The van der Waals surface area contributed by atoms with E-state index in [-0.39, 0.29) is 22.6 Å². The van der Waals surface area contributed by atoms with Crippen LogP contribution in [0.3, 0.4) is 0 Å². The number of furan rings is 1. The summed E-state index contributed by atoms with van der Waals surface area (Å²) >= 11 is 0. The fraction of sp³-hybridized carbons (Fsp3) is 0.316. The summed E-state index contributed by atoms with van der Waals surface area (Å²) in [4.78, 5) is 18.7. The number of halogens is 1. The summed E-state index contributed by atoms with van der Waals surface area (Å²) in [6.07, 6.45) is 1.45. The summed E-state index contributed by atoms with van der Waals surface area (Å²) in [5, 5.41) is 3.60. The molecular formula is C19H19FN4O5S. The number of sulfonamides is 1. The van der Waals surface area contributed by atoms with Crippen molar-refractivity contribution in [3.63, 3.8) is 0 Å². The molecule has 0 saturated carbocycles. The van der Waals surface area contributed by atoms with Crippen molar-refractivity contribution in [2.45, 2.75) is 23.9 Å². The van der Waals surface area contributed by atoms with Crippen LogP contribution >= 0.6 is 0 Å². The van der Waals surface area contributed by atoms with Crippen molar-refractivity contribution in [2.75, 3.05) is 20.1 Å². The predicted octanol–water partition coefficient (Wildman–Crippen LogP) is 2.40. The van der Waals surface area contributed by atoms with Gasteiger partial charge in [0.05, 0.1) is 5.92 Å². The van der Waals surface area contributed by atoms with Crippen molar-refractivity contribution < 1.29 is 26.5 Å². The molecule has 1 atom stereocenters. The third-order valence-electron chi connectivity index (χ3n) is 4.91. The van der Waals surface area contributed by atoms with Crippen molar-refractivity contribution in [3.05, 3.63) is 53.9 Å². The summed E-state index contributed by atoms with van der Waals surface area (Å²) in [5.74, 6) is -0.414. The highest BCUT2D eigenvalue weighted by molar-refractivity contribution is 7.89. The number of nitrogens with zero attached hydrogens (tertiary/aromatic N) is 3. The zero-order chi connectivity index (χ0) is 21.3. The first-order valence-electron chi connectivity index (χ1n) is 9.29. The lowest BCUT2D eigenvalue weighted by Gasteiger charge is -2.30. The van der Waals surface area contributed by atoms with Crippen molar-refractivity contribution in [1.82, 2.24) is 19.8 Å². The quantitative estimate of drug-likeness (QED) is 0.655. The molecule has 9 nitrogen and oxygen atoms in total. The van der Waals surface area contributed by atoms with Gasteiger partial charge in [0.2, 0.25) is 16.8 Å². The number of carbonyl (C=O) groups is 1. The largest absolute Gasteiger partial charge is 0.438 e. The summed E-state index contributed by atoms with van der Waals surface area (Å²) < 4.78 is 49.8. The van der Waals surface area contributed by atoms with E-state index in [1.165, 1.54) is 31.3 Å². The second kappa shape index (κ2) is 8.00. The van der Waals surface area contributed by atoms with Crippen LogP contribution in [-0.2, 0) is 10.0 Å². The maximum Gasteiger partial charge on any atom is 0.289 e. The van der Waals surface area contributed by atoms with E-state index in [0.717, 1.165) is 6.42 Å². The van der Waals surface area contributed by atoms with Gasteiger partial charge in [0.15, 0.2) is 5.76 Å². The number of carbonyl (C=O) groups excluding carboxylic acids is 1. The van der Waals surface area contributed by atoms with Crippen LogP contribution in [0.25, 0.3) is 11.4 Å². The van der Waals surface area contributed by atoms with E-state index in [1.54, 1.807) is 17.0 Å². The zero-order valence-corrected chi connectivity index (χ0v) is 16.9. The normalized spacial score (nSPS) is 17.3. The topological polar surface area (TPSA) is 119 Å². The van der Waals surface area contributed by atoms with Crippen molar-refractivity contribution >= 4 is 15.9 Å². The van der Waals surface area contributed by atoms with Gasteiger partial charge in [0, 0.05) is 18.7 Å². The average Bonchev–Trinajstić information content (AvgIpc) is 3.44. The van der Waals surface area contributed by atoms with Crippen LogP contribution in [0.1, 0.15) is 35.2 Å². The molecule has 1 unspecified atom stereocenters. The Balaban J connectivity index is 1.49. The number of likely N-dealkylation sites (tertiary alicyclic amines) is 1. The van der Waals surface area contributed by atoms with Crippen LogP contribution in [0.4, 0.5) is 4.39 Å². The van der Waals surface area contributed by atoms with Gasteiger partial charge in [-0.2, -0.15) is 4.98 Å². The summed E-state index contributed by atoms with van der Waals surface area (Å²) in [6.45, 7) is 0.813. The fourth-order valence-electron chi connectivity index (χ4n) is 3.34. The van der Waals surface area contributed by atoms with Crippen LogP contribution in [0.5, 0.6) is 0 Å². The second-order valence-corrected chi connectivity index (χ2v) is 8.70. The van der Waals surface area contributed by atoms with Crippen LogP contribution in [-0.4, -0.2) is 49.5 Å². The average molecular weight is 434 g/mol. The van der Waals surface area contributed by atoms with Crippen molar-refractivity contribution in [2.24, 2.45) is 0 Å². The monoisotopic (exact) mass is 434 g/mol. The minimum absolute atomic E-state index is 0.0598. The van der Waals surface area contributed by atoms with E-state index < -0.39 is 21.7 Å². The van der Waals surface area contributed by atoms with Gasteiger partial charge < -0.3 is 13.8 Å². The highest BCUT2D eigenvalue weighted by atomic mass is 32.2. The molecule has 2 aromatic heterocycles. The molecule has 0 bridgehead atoms. The van der Waals surface area contributed by atoms with Crippen LogP contribution in [0.15, 0.2) is 50.4 Å². The Morgan fingerprint density at radius 2 is 2.13 bits per heavy atom. The molecule has 158 valence electrons. The Hall–Kier alpha value is -3.05. The van der Waals surface area contributed by atoms with Gasteiger partial charge in [-0.15, -0.1) is 0 Å². The first-order valence-corrected chi connectivity index (χ1v) is 10.8. The molecule has 1 saturated heterocycles. The molecule has 1 aliphatic heterocycles. The molecule has 1 amide bonds. The number of aromatic nitrogens is 2. The standard InChI is InChI=1S/C19H19FN4O5S/c1-21-30(26,27)16-8-7-15(28-16)19(25)24-9-3-5-13(11-24)18-22-17(23-29-18)12-4-2-6-14(20)10-12/h2,4,6-8,10,13,21H,3,5,9,11H2,1H3. The number of benzene rings is 1. The number of hydrogen-bond acceptors (Lipinski definition) is 7. The summed E-state index contributed by atoms with van der Waals surface area (Å²) in [6, 6.07) is 8.47.